The number of carbonyl (C=O) groups excluding carboxylic acids is 1. The Morgan fingerprint density at radius 3 is 2.26 bits per heavy atom. The van der Waals surface area contributed by atoms with Gasteiger partial charge in [-0.3, -0.25) is 4.90 Å². The highest BCUT2D eigenvalue weighted by atomic mass is 35.5. The Hall–Kier alpha value is -1.92. The average molecular weight is 570 g/mol. The van der Waals surface area contributed by atoms with Crippen molar-refractivity contribution in [3.63, 3.8) is 0 Å². The number of piperidine rings is 1. The molecule has 0 aromatic heterocycles. The first-order valence-electron chi connectivity index (χ1n) is 12.9. The van der Waals surface area contributed by atoms with Gasteiger partial charge in [0, 0.05) is 25.2 Å². The van der Waals surface area contributed by atoms with Crippen LogP contribution in [0.2, 0.25) is 5.02 Å². The molecule has 0 aliphatic carbocycles. The summed E-state index contributed by atoms with van der Waals surface area (Å²) in [7, 11) is 0. The van der Waals surface area contributed by atoms with E-state index in [9.17, 15) is 31.1 Å². The van der Waals surface area contributed by atoms with E-state index in [1.54, 1.807) is 0 Å². The number of nitrogens with zero attached hydrogens (tertiary/aromatic N) is 3. The van der Waals surface area contributed by atoms with Crippen molar-refractivity contribution in [1.82, 2.24) is 9.80 Å². The minimum Gasteiger partial charge on any atom is -0.426 e. The van der Waals surface area contributed by atoms with E-state index < -0.39 is 24.5 Å². The van der Waals surface area contributed by atoms with E-state index in [1.807, 2.05) is 18.2 Å². The largest absolute Gasteiger partial charge is 0.434 e. The van der Waals surface area contributed by atoms with E-state index >= 15 is 0 Å². The fourth-order valence-electron chi connectivity index (χ4n) is 6.52. The van der Waals surface area contributed by atoms with Crippen LogP contribution in [-0.4, -0.2) is 84.8 Å². The van der Waals surface area contributed by atoms with E-state index in [0.29, 0.717) is 49.7 Å². The highest BCUT2D eigenvalue weighted by Crippen LogP contribution is 2.43. The Balaban J connectivity index is 1.25. The summed E-state index contributed by atoms with van der Waals surface area (Å²) >= 11 is 6.93. The van der Waals surface area contributed by atoms with Crippen molar-refractivity contribution in [3.8, 4) is 0 Å². The Morgan fingerprint density at radius 1 is 1.03 bits per heavy atom. The smallest absolute Gasteiger partial charge is 0.426 e. The van der Waals surface area contributed by atoms with Crippen molar-refractivity contribution in [1.29, 1.82) is 0 Å². The molecule has 13 heteroatoms. The van der Waals surface area contributed by atoms with E-state index in [0.717, 1.165) is 48.4 Å². The van der Waals surface area contributed by atoms with Gasteiger partial charge >= 0.3 is 18.4 Å². The number of ether oxygens (including phenoxy) is 2. The van der Waals surface area contributed by atoms with Crippen molar-refractivity contribution in [2.75, 3.05) is 37.7 Å². The molecule has 0 radical (unpaired) electrons. The Bertz CT molecular complexity index is 1000. The lowest BCUT2D eigenvalue weighted by atomic mass is 9.85. The second kappa shape index (κ2) is 10.2. The summed E-state index contributed by atoms with van der Waals surface area (Å²) in [6, 6.07) is 6.61. The third-order valence-electron chi connectivity index (χ3n) is 8.44. The molecule has 4 aliphatic heterocycles. The van der Waals surface area contributed by atoms with Crippen LogP contribution in [0.3, 0.4) is 0 Å². The number of morpholine rings is 1. The van der Waals surface area contributed by atoms with Gasteiger partial charge in [-0.2, -0.15) is 26.3 Å². The number of hydrogen-bond donors (Lipinski definition) is 0. The minimum atomic E-state index is -5.73. The number of hydrogen-bond acceptors (Lipinski definition) is 5. The molecule has 2 atom stereocenters. The summed E-state index contributed by atoms with van der Waals surface area (Å²) in [6.45, 7) is 2.75. The van der Waals surface area contributed by atoms with Crippen LogP contribution in [0.15, 0.2) is 18.2 Å². The van der Waals surface area contributed by atoms with Crippen LogP contribution in [-0.2, 0) is 16.0 Å². The maximum absolute atomic E-state index is 12.8. The maximum atomic E-state index is 12.8. The van der Waals surface area contributed by atoms with Gasteiger partial charge in [-0.15, -0.1) is 0 Å². The molecule has 1 amide bonds. The third-order valence-corrected chi connectivity index (χ3v) is 8.88. The van der Waals surface area contributed by atoms with Crippen molar-refractivity contribution in [2.45, 2.75) is 81.1 Å². The van der Waals surface area contributed by atoms with E-state index in [-0.39, 0.29) is 18.6 Å². The maximum Gasteiger partial charge on any atom is 0.434 e. The van der Waals surface area contributed by atoms with Gasteiger partial charge < -0.3 is 19.3 Å². The van der Waals surface area contributed by atoms with Gasteiger partial charge in [0.1, 0.15) is 0 Å². The summed E-state index contributed by atoms with van der Waals surface area (Å²) in [6.07, 6.45) is -12.5. The zero-order valence-electron chi connectivity index (χ0n) is 20.7. The van der Waals surface area contributed by atoms with Crippen LogP contribution in [0.1, 0.15) is 44.1 Å². The molecular formula is C25H30ClF6N3O3. The molecule has 1 spiro atoms. The van der Waals surface area contributed by atoms with Gasteiger partial charge in [-0.1, -0.05) is 23.7 Å². The molecule has 1 aromatic carbocycles. The molecule has 0 saturated carbocycles. The lowest BCUT2D eigenvalue weighted by molar-refractivity contribution is -0.308. The summed E-state index contributed by atoms with van der Waals surface area (Å²) in [5, 5.41) is 0.694. The molecule has 38 heavy (non-hydrogen) atoms. The minimum absolute atomic E-state index is 0.0165. The third kappa shape index (κ3) is 5.28. The van der Waals surface area contributed by atoms with Crippen LogP contribution >= 0.6 is 11.6 Å². The van der Waals surface area contributed by atoms with Crippen molar-refractivity contribution in [2.24, 2.45) is 0 Å². The Morgan fingerprint density at radius 2 is 1.66 bits per heavy atom. The summed E-state index contributed by atoms with van der Waals surface area (Å²) in [5.74, 6) is 0. The predicted octanol–water partition coefficient (Wildman–Crippen LogP) is 5.77. The van der Waals surface area contributed by atoms with Gasteiger partial charge in [0.25, 0.3) is 6.10 Å². The van der Waals surface area contributed by atoms with Crippen molar-refractivity contribution < 1.29 is 40.6 Å². The fourth-order valence-corrected chi connectivity index (χ4v) is 6.81. The molecule has 4 aliphatic rings. The first-order valence-corrected chi connectivity index (χ1v) is 13.2. The lowest BCUT2D eigenvalue weighted by Gasteiger charge is -2.45. The standard InChI is InChI=1S/C25H30ClF6N3O3/c26-20-16(3-1-4-19(20)35-17-5-6-18(35)15-37-14-17)13-34-10-2-7-23(34)8-11-33(12-9-23)22(36)38-21(24(27,28)29)25(30,31)32/h1,3-4,17-18,21H,2,5-15H2/t17-,18?/m0/s1. The normalized spacial score (nSPS) is 26.0. The summed E-state index contributed by atoms with van der Waals surface area (Å²) < 4.78 is 86.5. The predicted molar refractivity (Wildman–Crippen MR) is 127 cm³/mol. The van der Waals surface area contributed by atoms with Crippen LogP contribution < -0.4 is 4.90 Å². The SMILES string of the molecule is O=C(OC(C(F)(F)F)C(F)(F)F)N1CCC2(CCCN2Cc2cccc(N3C4CC[C@H]3COC4)c2Cl)CC1. The zero-order chi connectivity index (χ0) is 27.3. The van der Waals surface area contributed by atoms with Gasteiger partial charge in [-0.25, -0.2) is 4.79 Å². The quantitative estimate of drug-likeness (QED) is 0.431. The van der Waals surface area contributed by atoms with Crippen LogP contribution in [0, 0.1) is 0 Å². The first kappa shape index (κ1) is 27.6. The van der Waals surface area contributed by atoms with E-state index in [2.05, 4.69) is 14.5 Å². The van der Waals surface area contributed by atoms with Gasteiger partial charge in [0.15, 0.2) is 0 Å². The Labute approximate surface area is 221 Å². The number of fused-ring (bicyclic) bond motifs is 2. The lowest BCUT2D eigenvalue weighted by Crippen LogP contribution is -2.54. The topological polar surface area (TPSA) is 45.2 Å². The number of rotatable bonds is 4. The first-order chi connectivity index (χ1) is 17.9. The second-order valence-electron chi connectivity index (χ2n) is 10.7. The number of benzene rings is 1. The number of carbonyl (C=O) groups is 1. The fraction of sp³-hybridized carbons (Fsp3) is 0.720. The molecule has 5 rings (SSSR count). The molecule has 6 nitrogen and oxygen atoms in total. The molecule has 4 fully saturated rings. The Kier molecular flexibility index (Phi) is 7.45. The summed E-state index contributed by atoms with van der Waals surface area (Å²) in [4.78, 5) is 17.8. The summed E-state index contributed by atoms with van der Waals surface area (Å²) in [5.41, 5.74) is 1.66. The molecule has 212 valence electrons. The second-order valence-corrected chi connectivity index (χ2v) is 11.0. The van der Waals surface area contributed by atoms with Gasteiger partial charge in [-0.05, 0) is 56.7 Å². The molecule has 4 saturated heterocycles. The van der Waals surface area contributed by atoms with Crippen LogP contribution in [0.25, 0.3) is 0 Å². The highest BCUT2D eigenvalue weighted by molar-refractivity contribution is 6.34. The van der Waals surface area contributed by atoms with Crippen molar-refractivity contribution >= 4 is 23.4 Å². The molecule has 2 bridgehead atoms. The number of anilines is 1. The molecule has 0 N–H and O–H groups in total. The number of likely N-dealkylation sites (tertiary alicyclic amines) is 2. The van der Waals surface area contributed by atoms with Crippen LogP contribution in [0.5, 0.6) is 0 Å². The van der Waals surface area contributed by atoms with E-state index in [4.69, 9.17) is 16.3 Å². The number of halogens is 7. The van der Waals surface area contributed by atoms with E-state index in [1.165, 1.54) is 0 Å². The van der Waals surface area contributed by atoms with Crippen molar-refractivity contribution in [3.05, 3.63) is 28.8 Å². The zero-order valence-corrected chi connectivity index (χ0v) is 21.4. The number of alkyl halides is 6. The average Bonchev–Trinajstić information content (AvgIpc) is 3.33. The van der Waals surface area contributed by atoms with Gasteiger partial charge in [0.2, 0.25) is 0 Å². The van der Waals surface area contributed by atoms with Crippen LogP contribution in [0.4, 0.5) is 36.8 Å². The highest BCUT2D eigenvalue weighted by Gasteiger charge is 2.60. The number of amides is 1. The molecule has 1 aromatic rings. The molecule has 1 unspecified atom stereocenters. The molecule has 4 heterocycles. The molecular weight excluding hydrogens is 540 g/mol. The van der Waals surface area contributed by atoms with Gasteiger partial charge in [0.05, 0.1) is 36.0 Å². The monoisotopic (exact) mass is 569 g/mol.